The molecule has 1 amide bonds. The van der Waals surface area contributed by atoms with Gasteiger partial charge in [0.05, 0.1) is 5.75 Å². The first-order chi connectivity index (χ1) is 13.7. The molecule has 2 aromatic carbocycles. The highest BCUT2D eigenvalue weighted by Gasteiger charge is 2.14. The van der Waals surface area contributed by atoms with Crippen LogP contribution in [0.15, 0.2) is 59.8 Å². The zero-order valence-electron chi connectivity index (χ0n) is 16.4. The number of thioether (sulfide) groups is 1. The third-order valence-electron chi connectivity index (χ3n) is 4.39. The molecule has 0 aliphatic heterocycles. The number of nitrogens with zero attached hydrogens (tertiary/aromatic N) is 3. The lowest BCUT2D eigenvalue weighted by Crippen LogP contribution is -2.15. The van der Waals surface area contributed by atoms with Gasteiger partial charge in [-0.15, -0.1) is 10.2 Å². The molecule has 0 saturated heterocycles. The first-order valence-corrected chi connectivity index (χ1v) is 10.6. The van der Waals surface area contributed by atoms with Crippen LogP contribution in [0.4, 0.5) is 5.69 Å². The van der Waals surface area contributed by atoms with Gasteiger partial charge >= 0.3 is 0 Å². The Morgan fingerprint density at radius 2 is 1.79 bits per heavy atom. The molecule has 0 unspecified atom stereocenters. The molecule has 0 bridgehead atoms. The van der Waals surface area contributed by atoms with Crippen molar-refractivity contribution in [3.63, 3.8) is 0 Å². The summed E-state index contributed by atoms with van der Waals surface area (Å²) in [5, 5.41) is 12.5. The summed E-state index contributed by atoms with van der Waals surface area (Å²) in [6, 6.07) is 18.2. The molecule has 0 spiro atoms. The van der Waals surface area contributed by atoms with Crippen molar-refractivity contribution < 1.29 is 4.79 Å². The molecule has 3 rings (SSSR count). The molecule has 28 heavy (non-hydrogen) atoms. The number of nitrogens with one attached hydrogen (secondary N) is 1. The molecule has 0 radical (unpaired) electrons. The van der Waals surface area contributed by atoms with Crippen LogP contribution in [0.3, 0.4) is 0 Å². The first kappa shape index (κ1) is 20.1. The fraction of sp³-hybridized carbons (Fsp3) is 0.318. The van der Waals surface area contributed by atoms with Crippen LogP contribution in [0.2, 0.25) is 0 Å². The van der Waals surface area contributed by atoms with Gasteiger partial charge in [0.25, 0.3) is 0 Å². The second-order valence-electron chi connectivity index (χ2n) is 6.74. The maximum Gasteiger partial charge on any atom is 0.234 e. The zero-order chi connectivity index (χ0) is 19.8. The number of hydrogen-bond donors (Lipinski definition) is 1. The lowest BCUT2D eigenvalue weighted by atomic mass is 10.1. The maximum atomic E-state index is 12.3. The molecule has 1 heterocycles. The molecule has 1 N–H and O–H groups in total. The number of anilines is 1. The Morgan fingerprint density at radius 1 is 1.04 bits per heavy atom. The summed E-state index contributed by atoms with van der Waals surface area (Å²) in [6.45, 7) is 5.02. The van der Waals surface area contributed by atoms with E-state index in [1.807, 2.05) is 37.3 Å². The van der Waals surface area contributed by atoms with Gasteiger partial charge < -0.3 is 9.88 Å². The highest BCUT2D eigenvalue weighted by Crippen LogP contribution is 2.19. The summed E-state index contributed by atoms with van der Waals surface area (Å²) < 4.78 is 2.15. The van der Waals surface area contributed by atoms with Crippen LogP contribution in [0.5, 0.6) is 0 Å². The number of aromatic nitrogens is 3. The van der Waals surface area contributed by atoms with Crippen LogP contribution >= 0.6 is 11.8 Å². The fourth-order valence-corrected chi connectivity index (χ4v) is 3.71. The van der Waals surface area contributed by atoms with Gasteiger partial charge in [0.1, 0.15) is 5.82 Å². The Balaban J connectivity index is 1.59. The van der Waals surface area contributed by atoms with Crippen LogP contribution < -0.4 is 5.32 Å². The molecular weight excluding hydrogens is 368 g/mol. The van der Waals surface area contributed by atoms with Gasteiger partial charge in [0.15, 0.2) is 5.16 Å². The van der Waals surface area contributed by atoms with E-state index in [4.69, 9.17) is 0 Å². The minimum atomic E-state index is -0.0364. The van der Waals surface area contributed by atoms with Gasteiger partial charge in [-0.1, -0.05) is 66.7 Å². The van der Waals surface area contributed by atoms with Crippen molar-refractivity contribution >= 4 is 23.4 Å². The largest absolute Gasteiger partial charge is 0.325 e. The smallest absolute Gasteiger partial charge is 0.234 e. The zero-order valence-corrected chi connectivity index (χ0v) is 17.2. The van der Waals surface area contributed by atoms with E-state index in [2.05, 4.69) is 51.3 Å². The van der Waals surface area contributed by atoms with E-state index >= 15 is 0 Å². The van der Waals surface area contributed by atoms with Gasteiger partial charge in [0.2, 0.25) is 5.91 Å². The lowest BCUT2D eigenvalue weighted by Gasteiger charge is -2.09. The summed E-state index contributed by atoms with van der Waals surface area (Å²) in [4.78, 5) is 12.3. The second-order valence-corrected chi connectivity index (χ2v) is 7.68. The van der Waals surface area contributed by atoms with Gasteiger partial charge in [-0.25, -0.2) is 0 Å². The van der Waals surface area contributed by atoms with Crippen molar-refractivity contribution in [3.05, 3.63) is 71.5 Å². The molecule has 3 aromatic rings. The summed E-state index contributed by atoms with van der Waals surface area (Å²) in [5.74, 6) is 1.26. The minimum absolute atomic E-state index is 0.0364. The maximum absolute atomic E-state index is 12.3. The van der Waals surface area contributed by atoms with Crippen molar-refractivity contribution in [2.45, 2.75) is 44.8 Å². The standard InChI is InChI=1S/C22H26N4OS/c1-3-15-26-20(14-11-18-7-5-4-6-8-18)24-25-22(26)28-16-21(27)23-19-12-9-17(2)10-13-19/h4-10,12-13H,3,11,14-16H2,1-2H3,(H,23,27). The van der Waals surface area contributed by atoms with Gasteiger partial charge in [-0.3, -0.25) is 4.79 Å². The molecule has 5 nitrogen and oxygen atoms in total. The van der Waals surface area contributed by atoms with E-state index in [1.165, 1.54) is 22.9 Å². The molecule has 1 aromatic heterocycles. The van der Waals surface area contributed by atoms with E-state index in [0.29, 0.717) is 5.75 Å². The van der Waals surface area contributed by atoms with Crippen molar-refractivity contribution in [1.29, 1.82) is 0 Å². The van der Waals surface area contributed by atoms with E-state index < -0.39 is 0 Å². The third-order valence-corrected chi connectivity index (χ3v) is 5.36. The molecule has 0 fully saturated rings. The van der Waals surface area contributed by atoms with Crippen LogP contribution in [0.25, 0.3) is 0 Å². The minimum Gasteiger partial charge on any atom is -0.325 e. The quantitative estimate of drug-likeness (QED) is 0.542. The SMILES string of the molecule is CCCn1c(CCc2ccccc2)nnc1SCC(=O)Nc1ccc(C)cc1. The number of carbonyl (C=O) groups excluding carboxylic acids is 1. The number of aryl methyl sites for hydroxylation is 3. The summed E-state index contributed by atoms with van der Waals surface area (Å²) in [7, 11) is 0. The van der Waals surface area contributed by atoms with E-state index in [-0.39, 0.29) is 5.91 Å². The fourth-order valence-electron chi connectivity index (χ4n) is 2.92. The average molecular weight is 395 g/mol. The Morgan fingerprint density at radius 3 is 2.50 bits per heavy atom. The first-order valence-electron chi connectivity index (χ1n) is 9.61. The number of amides is 1. The van der Waals surface area contributed by atoms with Crippen LogP contribution in [-0.4, -0.2) is 26.4 Å². The van der Waals surface area contributed by atoms with Gasteiger partial charge in [-0.05, 0) is 37.5 Å². The third kappa shape index (κ3) is 5.70. The summed E-state index contributed by atoms with van der Waals surface area (Å²) in [5.41, 5.74) is 3.28. The Kier molecular flexibility index (Phi) is 7.25. The van der Waals surface area contributed by atoms with E-state index in [1.54, 1.807) is 0 Å². The highest BCUT2D eigenvalue weighted by atomic mass is 32.2. The van der Waals surface area contributed by atoms with Gasteiger partial charge in [-0.2, -0.15) is 0 Å². The Labute approximate surface area is 170 Å². The van der Waals surface area contributed by atoms with E-state index in [0.717, 1.165) is 42.5 Å². The number of rotatable bonds is 9. The molecule has 0 saturated carbocycles. The predicted octanol–water partition coefficient (Wildman–Crippen LogP) is 4.51. The van der Waals surface area contributed by atoms with Crippen LogP contribution in [0, 0.1) is 6.92 Å². The molecule has 0 atom stereocenters. The predicted molar refractivity (Wildman–Crippen MR) is 115 cm³/mol. The number of carbonyl (C=O) groups is 1. The Hall–Kier alpha value is -2.60. The molecule has 0 aliphatic carbocycles. The number of hydrogen-bond acceptors (Lipinski definition) is 4. The Bertz CT molecular complexity index is 891. The van der Waals surface area contributed by atoms with Crippen LogP contribution in [0.1, 0.15) is 30.3 Å². The topological polar surface area (TPSA) is 59.8 Å². The lowest BCUT2D eigenvalue weighted by molar-refractivity contribution is -0.113. The van der Waals surface area contributed by atoms with Crippen molar-refractivity contribution in [2.24, 2.45) is 0 Å². The number of benzene rings is 2. The second kappa shape index (κ2) is 10.1. The normalized spacial score (nSPS) is 10.8. The van der Waals surface area contributed by atoms with Crippen molar-refractivity contribution in [2.75, 3.05) is 11.1 Å². The molecular formula is C22H26N4OS. The van der Waals surface area contributed by atoms with Crippen LogP contribution in [-0.2, 0) is 24.2 Å². The summed E-state index contributed by atoms with van der Waals surface area (Å²) >= 11 is 1.44. The van der Waals surface area contributed by atoms with Crippen molar-refractivity contribution in [1.82, 2.24) is 14.8 Å². The molecule has 6 heteroatoms. The summed E-state index contributed by atoms with van der Waals surface area (Å²) in [6.07, 6.45) is 2.77. The molecule has 0 aliphatic rings. The monoisotopic (exact) mass is 394 g/mol. The average Bonchev–Trinajstić information content (AvgIpc) is 3.09. The van der Waals surface area contributed by atoms with Crippen molar-refractivity contribution in [3.8, 4) is 0 Å². The van der Waals surface area contributed by atoms with Gasteiger partial charge in [0, 0.05) is 18.7 Å². The highest BCUT2D eigenvalue weighted by molar-refractivity contribution is 7.99. The van der Waals surface area contributed by atoms with E-state index in [9.17, 15) is 4.79 Å². The molecule has 146 valence electrons.